The van der Waals surface area contributed by atoms with Gasteiger partial charge in [-0.1, -0.05) is 29.3 Å². The lowest BCUT2D eigenvalue weighted by atomic mass is 10.1. The standard InChI is InChI=1S/C16H13Cl2FN2O3S/c1-4-7-25-15-10(18)12(16(22)24-3)20-14(21-15)8-5-6-9(17)13(23-2)11(8)19/h4-6H,1,7H2,2-3H3. The van der Waals surface area contributed by atoms with Crippen LogP contribution in [0, 0.1) is 5.82 Å². The summed E-state index contributed by atoms with van der Waals surface area (Å²) in [4.78, 5) is 20.2. The number of esters is 1. The van der Waals surface area contributed by atoms with Gasteiger partial charge >= 0.3 is 5.97 Å². The van der Waals surface area contributed by atoms with Crippen LogP contribution < -0.4 is 4.74 Å². The number of thioether (sulfide) groups is 1. The van der Waals surface area contributed by atoms with Crippen LogP contribution in [0.15, 0.2) is 29.8 Å². The molecule has 1 aromatic heterocycles. The highest BCUT2D eigenvalue weighted by molar-refractivity contribution is 7.99. The molecule has 0 atom stereocenters. The number of carbonyl (C=O) groups is 1. The molecule has 0 saturated carbocycles. The predicted molar refractivity (Wildman–Crippen MR) is 96.3 cm³/mol. The minimum atomic E-state index is -0.754. The monoisotopic (exact) mass is 402 g/mol. The summed E-state index contributed by atoms with van der Waals surface area (Å²) in [7, 11) is 2.49. The van der Waals surface area contributed by atoms with Crippen LogP contribution in [0.3, 0.4) is 0 Å². The fraction of sp³-hybridized carbons (Fsp3) is 0.188. The maximum atomic E-state index is 14.7. The highest BCUT2D eigenvalue weighted by atomic mass is 35.5. The lowest BCUT2D eigenvalue weighted by molar-refractivity contribution is 0.0593. The second-order valence-corrected chi connectivity index (χ2v) is 6.34. The molecule has 0 spiro atoms. The Labute approximate surface area is 158 Å². The molecule has 2 rings (SSSR count). The molecule has 25 heavy (non-hydrogen) atoms. The molecule has 1 heterocycles. The van der Waals surface area contributed by atoms with E-state index in [4.69, 9.17) is 27.9 Å². The Morgan fingerprint density at radius 1 is 1.36 bits per heavy atom. The van der Waals surface area contributed by atoms with Crippen LogP contribution in [0.5, 0.6) is 5.75 Å². The van der Waals surface area contributed by atoms with Gasteiger partial charge in [0.15, 0.2) is 23.1 Å². The van der Waals surface area contributed by atoms with Crippen LogP contribution in [0.4, 0.5) is 4.39 Å². The Morgan fingerprint density at radius 3 is 2.68 bits per heavy atom. The Balaban J connectivity index is 2.69. The first-order valence-corrected chi connectivity index (χ1v) is 8.60. The molecular weight excluding hydrogens is 390 g/mol. The highest BCUT2D eigenvalue weighted by Crippen LogP contribution is 2.36. The van der Waals surface area contributed by atoms with Crippen LogP contribution in [-0.4, -0.2) is 35.9 Å². The van der Waals surface area contributed by atoms with E-state index in [0.717, 1.165) is 0 Å². The molecule has 0 aliphatic heterocycles. The molecule has 0 aliphatic rings. The number of carbonyl (C=O) groups excluding carboxylic acids is 1. The van der Waals surface area contributed by atoms with Gasteiger partial charge in [-0.25, -0.2) is 19.2 Å². The SMILES string of the molecule is C=CCSc1nc(-c2ccc(Cl)c(OC)c2F)nc(C(=O)OC)c1Cl. The zero-order chi connectivity index (χ0) is 18.6. The lowest BCUT2D eigenvalue weighted by Gasteiger charge is -2.12. The summed E-state index contributed by atoms with van der Waals surface area (Å²) in [6.07, 6.45) is 1.65. The Bertz CT molecular complexity index is 834. The number of benzene rings is 1. The molecule has 0 unspecified atom stereocenters. The predicted octanol–water partition coefficient (Wildman–Crippen LogP) is 4.66. The summed E-state index contributed by atoms with van der Waals surface area (Å²) in [6.45, 7) is 3.62. The van der Waals surface area contributed by atoms with Crippen LogP contribution >= 0.6 is 35.0 Å². The van der Waals surface area contributed by atoms with Crippen molar-refractivity contribution in [1.29, 1.82) is 0 Å². The molecule has 5 nitrogen and oxygen atoms in total. The molecule has 132 valence electrons. The number of methoxy groups -OCH3 is 2. The average Bonchev–Trinajstić information content (AvgIpc) is 2.61. The highest BCUT2D eigenvalue weighted by Gasteiger charge is 2.23. The first-order chi connectivity index (χ1) is 11.9. The molecule has 0 N–H and O–H groups in total. The summed E-state index contributed by atoms with van der Waals surface area (Å²) >= 11 is 13.3. The fourth-order valence-corrected chi connectivity index (χ4v) is 3.10. The van der Waals surface area contributed by atoms with Gasteiger partial charge in [0.25, 0.3) is 0 Å². The van der Waals surface area contributed by atoms with Crippen LogP contribution in [0.25, 0.3) is 11.4 Å². The maximum absolute atomic E-state index is 14.7. The topological polar surface area (TPSA) is 61.3 Å². The molecule has 0 amide bonds. The van der Waals surface area contributed by atoms with E-state index in [0.29, 0.717) is 10.8 Å². The summed E-state index contributed by atoms with van der Waals surface area (Å²) in [5.41, 5.74) is -0.141. The molecule has 1 aromatic carbocycles. The summed E-state index contributed by atoms with van der Waals surface area (Å²) in [5.74, 6) is -1.19. The van der Waals surface area contributed by atoms with Gasteiger partial charge in [-0.05, 0) is 12.1 Å². The van der Waals surface area contributed by atoms with Crippen LogP contribution in [0.1, 0.15) is 10.5 Å². The minimum absolute atomic E-state index is 0.0172. The molecule has 0 bridgehead atoms. The summed E-state index contributed by atoms with van der Waals surface area (Å²) in [5, 5.41) is 0.441. The van der Waals surface area contributed by atoms with Gasteiger partial charge in [-0.15, -0.1) is 18.3 Å². The third-order valence-corrected chi connectivity index (χ3v) is 4.77. The second kappa shape index (κ2) is 8.51. The van der Waals surface area contributed by atoms with E-state index in [1.165, 1.54) is 38.1 Å². The second-order valence-electron chi connectivity index (χ2n) is 4.55. The van der Waals surface area contributed by atoms with Crippen molar-refractivity contribution < 1.29 is 18.7 Å². The number of halogens is 3. The summed E-state index contributed by atoms with van der Waals surface area (Å²) < 4.78 is 24.3. The minimum Gasteiger partial charge on any atom is -0.492 e. The molecular formula is C16H13Cl2FN2O3S. The van der Waals surface area contributed by atoms with Crippen molar-refractivity contribution in [2.24, 2.45) is 0 Å². The van der Waals surface area contributed by atoms with Crippen molar-refractivity contribution in [1.82, 2.24) is 9.97 Å². The van der Waals surface area contributed by atoms with Crippen LogP contribution in [-0.2, 0) is 4.74 Å². The number of hydrogen-bond donors (Lipinski definition) is 0. The van der Waals surface area contributed by atoms with E-state index in [1.54, 1.807) is 6.08 Å². The fourth-order valence-electron chi connectivity index (χ4n) is 1.90. The molecule has 0 saturated heterocycles. The molecule has 0 aliphatic carbocycles. The first-order valence-electron chi connectivity index (χ1n) is 6.86. The zero-order valence-corrected chi connectivity index (χ0v) is 15.6. The van der Waals surface area contributed by atoms with Crippen molar-refractivity contribution in [2.45, 2.75) is 5.03 Å². The Morgan fingerprint density at radius 2 is 2.08 bits per heavy atom. The van der Waals surface area contributed by atoms with Gasteiger partial charge in [-0.2, -0.15) is 0 Å². The van der Waals surface area contributed by atoms with Crippen molar-refractivity contribution in [3.8, 4) is 17.1 Å². The molecule has 2 aromatic rings. The van der Waals surface area contributed by atoms with E-state index >= 15 is 0 Å². The zero-order valence-electron chi connectivity index (χ0n) is 13.3. The van der Waals surface area contributed by atoms with E-state index < -0.39 is 11.8 Å². The number of aromatic nitrogens is 2. The molecule has 0 radical (unpaired) electrons. The van der Waals surface area contributed by atoms with E-state index in [9.17, 15) is 9.18 Å². The van der Waals surface area contributed by atoms with Crippen molar-refractivity contribution in [2.75, 3.05) is 20.0 Å². The Hall–Kier alpha value is -1.83. The van der Waals surface area contributed by atoms with Crippen LogP contribution in [0.2, 0.25) is 10.0 Å². The molecule has 0 fully saturated rings. The number of nitrogens with zero attached hydrogens (tertiary/aromatic N) is 2. The average molecular weight is 403 g/mol. The number of rotatable bonds is 6. The van der Waals surface area contributed by atoms with Crippen molar-refractivity contribution >= 4 is 40.9 Å². The van der Waals surface area contributed by atoms with Crippen molar-refractivity contribution in [3.63, 3.8) is 0 Å². The van der Waals surface area contributed by atoms with Gasteiger partial charge in [0, 0.05) is 5.75 Å². The quantitative estimate of drug-likeness (QED) is 0.303. The third-order valence-electron chi connectivity index (χ3n) is 3.03. The van der Waals surface area contributed by atoms with E-state index in [2.05, 4.69) is 21.3 Å². The number of hydrogen-bond acceptors (Lipinski definition) is 6. The van der Waals surface area contributed by atoms with Gasteiger partial charge < -0.3 is 9.47 Å². The van der Waals surface area contributed by atoms with Gasteiger partial charge in [-0.3, -0.25) is 0 Å². The van der Waals surface area contributed by atoms with Gasteiger partial charge in [0.1, 0.15) is 10.0 Å². The largest absolute Gasteiger partial charge is 0.492 e. The van der Waals surface area contributed by atoms with Crippen molar-refractivity contribution in [3.05, 3.63) is 46.3 Å². The van der Waals surface area contributed by atoms with Gasteiger partial charge in [0.05, 0.1) is 24.8 Å². The third kappa shape index (κ3) is 4.05. The van der Waals surface area contributed by atoms with E-state index in [-0.39, 0.29) is 32.9 Å². The van der Waals surface area contributed by atoms with E-state index in [1.807, 2.05) is 0 Å². The first kappa shape index (κ1) is 19.5. The number of ether oxygens (including phenoxy) is 2. The normalized spacial score (nSPS) is 10.4. The lowest BCUT2D eigenvalue weighted by Crippen LogP contribution is -2.09. The smallest absolute Gasteiger partial charge is 0.358 e. The van der Waals surface area contributed by atoms with Gasteiger partial charge in [0.2, 0.25) is 0 Å². The molecule has 9 heteroatoms. The summed E-state index contributed by atoms with van der Waals surface area (Å²) in [6, 6.07) is 2.84. The maximum Gasteiger partial charge on any atom is 0.358 e. The Kier molecular flexibility index (Phi) is 6.64.